The molecule has 9 heteroatoms. The van der Waals surface area contributed by atoms with Crippen LogP contribution in [0.25, 0.3) is 0 Å². The number of aryl methyl sites for hydroxylation is 3. The Balaban J connectivity index is 1.48. The lowest BCUT2D eigenvalue weighted by molar-refractivity contribution is -0.115. The second kappa shape index (κ2) is 9.89. The normalized spacial score (nSPS) is 17.5. The molecule has 0 fully saturated rings. The lowest BCUT2D eigenvalue weighted by Gasteiger charge is -2.32. The highest BCUT2D eigenvalue weighted by molar-refractivity contribution is 7.91. The van der Waals surface area contributed by atoms with Gasteiger partial charge >= 0.3 is 0 Å². The fourth-order valence-electron chi connectivity index (χ4n) is 4.42. The first-order valence-electron chi connectivity index (χ1n) is 12.1. The third-order valence-corrected chi connectivity index (χ3v) is 8.41. The minimum Gasteiger partial charge on any atom is -0.310 e. The summed E-state index contributed by atoms with van der Waals surface area (Å²) in [7, 11) is -3.28. The van der Waals surface area contributed by atoms with Crippen molar-refractivity contribution in [3.8, 4) is 0 Å². The fraction of sp³-hybridized carbons (Fsp3) is 0.370. The van der Waals surface area contributed by atoms with Crippen molar-refractivity contribution in [3.05, 3.63) is 76.5 Å². The highest BCUT2D eigenvalue weighted by Crippen LogP contribution is 2.37. The van der Waals surface area contributed by atoms with Crippen LogP contribution >= 0.6 is 0 Å². The zero-order chi connectivity index (χ0) is 26.1. The van der Waals surface area contributed by atoms with Gasteiger partial charge < -0.3 is 5.32 Å². The summed E-state index contributed by atoms with van der Waals surface area (Å²) in [5, 5.41) is 2.79. The van der Waals surface area contributed by atoms with Crippen LogP contribution in [-0.2, 0) is 39.3 Å². The second-order valence-corrected chi connectivity index (χ2v) is 11.6. The van der Waals surface area contributed by atoms with Gasteiger partial charge in [0.25, 0.3) is 0 Å². The summed E-state index contributed by atoms with van der Waals surface area (Å²) in [5.41, 5.74) is 2.72. The molecule has 36 heavy (non-hydrogen) atoms. The smallest absolute Gasteiger partial charge is 0.229 e. The summed E-state index contributed by atoms with van der Waals surface area (Å²) in [6.07, 6.45) is 1.92. The largest absolute Gasteiger partial charge is 0.310 e. The molecule has 0 bridgehead atoms. The molecule has 3 aromatic rings. The van der Waals surface area contributed by atoms with E-state index in [9.17, 15) is 18.0 Å². The van der Waals surface area contributed by atoms with Crippen LogP contribution in [0.5, 0.6) is 0 Å². The fourth-order valence-corrected chi connectivity index (χ4v) is 5.30. The van der Waals surface area contributed by atoms with Crippen molar-refractivity contribution in [1.82, 2.24) is 15.0 Å². The molecule has 2 aromatic heterocycles. The Morgan fingerprint density at radius 1 is 1.06 bits per heavy atom. The number of pyridine rings is 1. The van der Waals surface area contributed by atoms with E-state index in [2.05, 4.69) is 20.3 Å². The quantitative estimate of drug-likeness (QED) is 0.518. The molecule has 188 valence electrons. The van der Waals surface area contributed by atoms with Crippen LogP contribution in [0.1, 0.15) is 66.0 Å². The van der Waals surface area contributed by atoms with Crippen LogP contribution in [0.2, 0.25) is 0 Å². The number of amides is 1. The van der Waals surface area contributed by atoms with Gasteiger partial charge in [-0.3, -0.25) is 9.59 Å². The number of rotatable bonds is 7. The van der Waals surface area contributed by atoms with Gasteiger partial charge in [0.15, 0.2) is 15.6 Å². The Labute approximate surface area is 211 Å². The standard InChI is InChI=1S/C27H30N4O4S/c1-5-23-28-17(3)15-22(30-23)27(4)14-13-21-20(26(27)33)11-12-24(29-21)31-25(32)16-18-7-9-19(10-8-18)36(34,35)6-2/h7-12,15H,5-6,13-14,16H2,1-4H3,(H,29,31,32). The number of nitrogens with zero attached hydrogens (tertiary/aromatic N) is 3. The van der Waals surface area contributed by atoms with Gasteiger partial charge in [-0.2, -0.15) is 0 Å². The molecule has 2 heterocycles. The number of aromatic nitrogens is 3. The number of nitrogens with one attached hydrogen (secondary N) is 1. The number of carbonyl (C=O) groups is 2. The molecule has 1 aromatic carbocycles. The third kappa shape index (κ3) is 5.06. The van der Waals surface area contributed by atoms with E-state index in [1.807, 2.05) is 26.8 Å². The van der Waals surface area contributed by atoms with Gasteiger partial charge in [-0.1, -0.05) is 26.0 Å². The molecular formula is C27H30N4O4S. The average Bonchev–Trinajstić information content (AvgIpc) is 2.86. The number of Topliss-reactive ketones (excluding diaryl/α,β-unsaturated/α-hetero) is 1. The van der Waals surface area contributed by atoms with Crippen molar-refractivity contribution in [2.24, 2.45) is 0 Å². The summed E-state index contributed by atoms with van der Waals surface area (Å²) >= 11 is 0. The maximum Gasteiger partial charge on any atom is 0.229 e. The van der Waals surface area contributed by atoms with E-state index < -0.39 is 15.3 Å². The van der Waals surface area contributed by atoms with Crippen LogP contribution in [0.15, 0.2) is 47.4 Å². The van der Waals surface area contributed by atoms with E-state index in [0.29, 0.717) is 41.9 Å². The molecule has 0 saturated carbocycles. The maximum absolute atomic E-state index is 13.5. The highest BCUT2D eigenvalue weighted by atomic mass is 32.2. The van der Waals surface area contributed by atoms with Crippen LogP contribution < -0.4 is 5.32 Å². The Kier molecular flexibility index (Phi) is 7.04. The molecule has 1 atom stereocenters. The highest BCUT2D eigenvalue weighted by Gasteiger charge is 2.42. The molecule has 1 unspecified atom stereocenters. The van der Waals surface area contributed by atoms with Gasteiger partial charge in [0.2, 0.25) is 5.91 Å². The number of benzene rings is 1. The van der Waals surface area contributed by atoms with Crippen molar-refractivity contribution in [2.75, 3.05) is 11.1 Å². The van der Waals surface area contributed by atoms with Crippen molar-refractivity contribution in [1.29, 1.82) is 0 Å². The van der Waals surface area contributed by atoms with Gasteiger partial charge in [-0.25, -0.2) is 23.4 Å². The van der Waals surface area contributed by atoms with Crippen LogP contribution in [0, 0.1) is 6.92 Å². The predicted molar refractivity (Wildman–Crippen MR) is 137 cm³/mol. The Bertz CT molecular complexity index is 1430. The number of hydrogen-bond donors (Lipinski definition) is 1. The zero-order valence-electron chi connectivity index (χ0n) is 21.0. The summed E-state index contributed by atoms with van der Waals surface area (Å²) < 4.78 is 23.9. The van der Waals surface area contributed by atoms with E-state index in [1.54, 1.807) is 31.2 Å². The molecule has 1 aliphatic carbocycles. The van der Waals surface area contributed by atoms with Gasteiger partial charge in [0.05, 0.1) is 33.9 Å². The van der Waals surface area contributed by atoms with Crippen molar-refractivity contribution in [2.45, 2.75) is 63.7 Å². The molecular weight excluding hydrogens is 476 g/mol. The molecule has 1 amide bonds. The topological polar surface area (TPSA) is 119 Å². The number of anilines is 1. The van der Waals surface area contributed by atoms with E-state index in [1.165, 1.54) is 12.1 Å². The van der Waals surface area contributed by atoms with Crippen LogP contribution in [-0.4, -0.2) is 40.8 Å². The Hall–Kier alpha value is -3.46. The van der Waals surface area contributed by atoms with Gasteiger partial charge in [0, 0.05) is 17.7 Å². The molecule has 1 N–H and O–H groups in total. The first-order valence-corrected chi connectivity index (χ1v) is 13.7. The number of hydrogen-bond acceptors (Lipinski definition) is 7. The molecule has 0 aliphatic heterocycles. The van der Waals surface area contributed by atoms with Crippen molar-refractivity contribution in [3.63, 3.8) is 0 Å². The van der Waals surface area contributed by atoms with Gasteiger partial charge in [-0.05, 0) is 62.6 Å². The van der Waals surface area contributed by atoms with Crippen molar-refractivity contribution >= 4 is 27.3 Å². The minimum atomic E-state index is -3.28. The number of ketones is 1. The summed E-state index contributed by atoms with van der Waals surface area (Å²) in [4.78, 5) is 40.0. The molecule has 0 spiro atoms. The van der Waals surface area contributed by atoms with E-state index in [-0.39, 0.29) is 28.8 Å². The SMILES string of the molecule is CCc1nc(C)cc(C2(C)CCc3nc(NC(=O)Cc4ccc(S(=O)(=O)CC)cc4)ccc3C2=O)n1. The van der Waals surface area contributed by atoms with Gasteiger partial charge in [0.1, 0.15) is 11.6 Å². The zero-order valence-corrected chi connectivity index (χ0v) is 21.8. The molecule has 4 rings (SSSR count). The first kappa shape index (κ1) is 25.6. The lowest BCUT2D eigenvalue weighted by atomic mass is 9.71. The van der Waals surface area contributed by atoms with E-state index in [4.69, 9.17) is 0 Å². The summed E-state index contributed by atoms with van der Waals surface area (Å²) in [6, 6.07) is 11.6. The minimum absolute atomic E-state index is 0.0248. The van der Waals surface area contributed by atoms with Crippen LogP contribution in [0.4, 0.5) is 5.82 Å². The monoisotopic (exact) mass is 506 g/mol. The molecule has 0 radical (unpaired) electrons. The third-order valence-electron chi connectivity index (χ3n) is 6.66. The van der Waals surface area contributed by atoms with E-state index >= 15 is 0 Å². The first-order chi connectivity index (χ1) is 17.1. The number of sulfone groups is 1. The second-order valence-electron chi connectivity index (χ2n) is 9.29. The van der Waals surface area contributed by atoms with E-state index in [0.717, 1.165) is 17.2 Å². The molecule has 0 saturated heterocycles. The Morgan fingerprint density at radius 2 is 1.78 bits per heavy atom. The predicted octanol–water partition coefficient (Wildman–Crippen LogP) is 3.80. The maximum atomic E-state index is 13.5. The molecule has 1 aliphatic rings. The molecule has 8 nitrogen and oxygen atoms in total. The average molecular weight is 507 g/mol. The summed E-state index contributed by atoms with van der Waals surface area (Å²) in [5.74, 6) is 0.825. The number of fused-ring (bicyclic) bond motifs is 1. The lowest BCUT2D eigenvalue weighted by Crippen LogP contribution is -2.39. The van der Waals surface area contributed by atoms with Crippen molar-refractivity contribution < 1.29 is 18.0 Å². The number of carbonyl (C=O) groups excluding carboxylic acids is 2. The Morgan fingerprint density at radius 3 is 2.44 bits per heavy atom. The summed E-state index contributed by atoms with van der Waals surface area (Å²) in [6.45, 7) is 7.42. The van der Waals surface area contributed by atoms with Gasteiger partial charge in [-0.15, -0.1) is 0 Å². The van der Waals surface area contributed by atoms with Crippen LogP contribution in [0.3, 0.4) is 0 Å².